The molecule has 6 heteroatoms. The topological polar surface area (TPSA) is 98.7 Å². The molecule has 0 amide bonds. The fraction of sp³-hybridized carbons (Fsp3) is 0.300. The number of carbonyl (C=O) groups excluding carboxylic acids is 2. The molecule has 0 spiro atoms. The van der Waals surface area contributed by atoms with Gasteiger partial charge in [-0.15, -0.1) is 0 Å². The molecule has 0 saturated heterocycles. The monoisotopic (exact) mass is 354 g/mol. The summed E-state index contributed by atoms with van der Waals surface area (Å²) in [6, 6.07) is 10.1. The zero-order valence-corrected chi connectivity index (χ0v) is 14.7. The highest BCUT2D eigenvalue weighted by atomic mass is 16.3. The number of aliphatic hydroxyl groups excluding tert-OH is 2. The highest BCUT2D eigenvalue weighted by molar-refractivity contribution is 6.30. The lowest BCUT2D eigenvalue weighted by molar-refractivity contribution is 0.0979. The van der Waals surface area contributed by atoms with Crippen LogP contribution in [0.3, 0.4) is 0 Å². The summed E-state index contributed by atoms with van der Waals surface area (Å²) >= 11 is 0. The Balaban J connectivity index is 2.12. The van der Waals surface area contributed by atoms with E-state index in [1.165, 1.54) is 0 Å². The highest BCUT2D eigenvalue weighted by Gasteiger charge is 2.32. The van der Waals surface area contributed by atoms with Crippen LogP contribution >= 0.6 is 0 Å². The van der Waals surface area contributed by atoms with Crippen LogP contribution in [-0.2, 0) is 0 Å². The van der Waals surface area contributed by atoms with E-state index in [-0.39, 0.29) is 18.1 Å². The zero-order chi connectivity index (χ0) is 18.8. The minimum absolute atomic E-state index is 0.197. The fourth-order valence-corrected chi connectivity index (χ4v) is 3.02. The SMILES string of the molecule is CC(O)CNc1ccc2c(c1NCC(C)O)C(=O)c1ccccc1C2=O. The Morgan fingerprint density at radius 1 is 0.808 bits per heavy atom. The van der Waals surface area contributed by atoms with Crippen molar-refractivity contribution in [3.05, 3.63) is 58.7 Å². The molecule has 6 nitrogen and oxygen atoms in total. The lowest BCUT2D eigenvalue weighted by atomic mass is 9.82. The molecule has 0 radical (unpaired) electrons. The summed E-state index contributed by atoms with van der Waals surface area (Å²) in [5.41, 5.74) is 2.48. The van der Waals surface area contributed by atoms with E-state index < -0.39 is 12.2 Å². The number of rotatable bonds is 6. The molecule has 0 fully saturated rings. The minimum atomic E-state index is -0.628. The van der Waals surface area contributed by atoms with Crippen molar-refractivity contribution in [2.24, 2.45) is 0 Å². The van der Waals surface area contributed by atoms with Gasteiger partial charge in [-0.1, -0.05) is 24.3 Å². The summed E-state index contributed by atoms with van der Waals surface area (Å²) in [6.07, 6.45) is -1.20. The van der Waals surface area contributed by atoms with E-state index in [4.69, 9.17) is 0 Å². The van der Waals surface area contributed by atoms with Gasteiger partial charge in [-0.25, -0.2) is 0 Å². The fourth-order valence-electron chi connectivity index (χ4n) is 3.02. The summed E-state index contributed by atoms with van der Waals surface area (Å²) in [5, 5.41) is 25.3. The van der Waals surface area contributed by atoms with Crippen LogP contribution in [0.5, 0.6) is 0 Å². The zero-order valence-electron chi connectivity index (χ0n) is 14.7. The number of nitrogens with one attached hydrogen (secondary N) is 2. The van der Waals surface area contributed by atoms with Crippen LogP contribution in [0.15, 0.2) is 36.4 Å². The molecule has 136 valence electrons. The van der Waals surface area contributed by atoms with E-state index in [2.05, 4.69) is 10.6 Å². The molecule has 26 heavy (non-hydrogen) atoms. The minimum Gasteiger partial charge on any atom is -0.392 e. The van der Waals surface area contributed by atoms with E-state index in [1.54, 1.807) is 50.2 Å². The van der Waals surface area contributed by atoms with Crippen molar-refractivity contribution in [1.82, 2.24) is 0 Å². The summed E-state index contributed by atoms with van der Waals surface area (Å²) in [7, 11) is 0. The molecule has 2 atom stereocenters. The van der Waals surface area contributed by atoms with E-state index in [0.717, 1.165) is 0 Å². The molecule has 4 N–H and O–H groups in total. The second kappa shape index (κ2) is 7.27. The Hall–Kier alpha value is -2.70. The molecule has 0 saturated carbocycles. The van der Waals surface area contributed by atoms with Crippen molar-refractivity contribution in [2.45, 2.75) is 26.1 Å². The second-order valence-corrected chi connectivity index (χ2v) is 6.57. The van der Waals surface area contributed by atoms with Gasteiger partial charge in [0.05, 0.1) is 29.1 Å². The molecular formula is C20H22N2O4. The van der Waals surface area contributed by atoms with Gasteiger partial charge in [0.25, 0.3) is 0 Å². The molecule has 0 heterocycles. The molecule has 0 bridgehead atoms. The number of hydrogen-bond donors (Lipinski definition) is 4. The molecular weight excluding hydrogens is 332 g/mol. The van der Waals surface area contributed by atoms with Gasteiger partial charge in [0.2, 0.25) is 0 Å². The van der Waals surface area contributed by atoms with Crippen LogP contribution < -0.4 is 10.6 Å². The van der Waals surface area contributed by atoms with Gasteiger partial charge >= 0.3 is 0 Å². The second-order valence-electron chi connectivity index (χ2n) is 6.57. The van der Waals surface area contributed by atoms with Crippen molar-refractivity contribution in [2.75, 3.05) is 23.7 Å². The predicted molar refractivity (Wildman–Crippen MR) is 100 cm³/mol. The van der Waals surface area contributed by atoms with E-state index in [1.807, 2.05) is 0 Å². The Kier molecular flexibility index (Phi) is 5.06. The highest BCUT2D eigenvalue weighted by Crippen LogP contribution is 2.36. The van der Waals surface area contributed by atoms with Crippen molar-refractivity contribution < 1.29 is 19.8 Å². The number of anilines is 2. The molecule has 0 aliphatic heterocycles. The third kappa shape index (κ3) is 3.34. The number of carbonyl (C=O) groups is 2. The lowest BCUT2D eigenvalue weighted by Gasteiger charge is -2.24. The van der Waals surface area contributed by atoms with Gasteiger partial charge < -0.3 is 20.8 Å². The van der Waals surface area contributed by atoms with Gasteiger partial charge in [-0.2, -0.15) is 0 Å². The maximum atomic E-state index is 13.1. The predicted octanol–water partition coefficient (Wildman–Crippen LogP) is 2.05. The Bertz CT molecular complexity index is 859. The molecule has 1 aliphatic rings. The van der Waals surface area contributed by atoms with Crippen LogP contribution in [0.4, 0.5) is 11.4 Å². The molecule has 2 aromatic carbocycles. The molecule has 2 aromatic rings. The largest absolute Gasteiger partial charge is 0.392 e. The van der Waals surface area contributed by atoms with Crippen molar-refractivity contribution >= 4 is 22.9 Å². The van der Waals surface area contributed by atoms with E-state index in [9.17, 15) is 19.8 Å². The summed E-state index contributed by atoms with van der Waals surface area (Å²) < 4.78 is 0. The summed E-state index contributed by atoms with van der Waals surface area (Å²) in [5.74, 6) is -0.429. The van der Waals surface area contributed by atoms with Gasteiger partial charge in [0.1, 0.15) is 0 Å². The molecule has 2 unspecified atom stereocenters. The third-order valence-electron chi connectivity index (χ3n) is 4.26. The first-order valence-electron chi connectivity index (χ1n) is 8.59. The quantitative estimate of drug-likeness (QED) is 0.541. The first kappa shape index (κ1) is 18.1. The Labute approximate surface area is 151 Å². The maximum absolute atomic E-state index is 13.1. The smallest absolute Gasteiger partial charge is 0.196 e. The summed E-state index contributed by atoms with van der Waals surface area (Å²) in [4.78, 5) is 25.9. The lowest BCUT2D eigenvalue weighted by Crippen LogP contribution is -2.26. The van der Waals surface area contributed by atoms with Crippen molar-refractivity contribution in [3.8, 4) is 0 Å². The van der Waals surface area contributed by atoms with Gasteiger partial charge in [-0.3, -0.25) is 9.59 Å². The van der Waals surface area contributed by atoms with Gasteiger partial charge in [0.15, 0.2) is 11.6 Å². The first-order valence-corrected chi connectivity index (χ1v) is 8.59. The molecule has 0 aromatic heterocycles. The number of aliphatic hydroxyl groups is 2. The van der Waals surface area contributed by atoms with E-state index in [0.29, 0.717) is 40.2 Å². The van der Waals surface area contributed by atoms with Gasteiger partial charge in [-0.05, 0) is 26.0 Å². The average molecular weight is 354 g/mol. The standard InChI is InChI=1S/C20H22N2O4/c1-11(23)9-21-16-8-7-15-17(18(16)22-10-12(2)24)20(26)14-6-4-3-5-13(14)19(15)25/h3-8,11-12,21-24H,9-10H2,1-2H3. The van der Waals surface area contributed by atoms with Crippen LogP contribution in [0.2, 0.25) is 0 Å². The number of fused-ring (bicyclic) bond motifs is 2. The van der Waals surface area contributed by atoms with Crippen LogP contribution in [0, 0.1) is 0 Å². The number of hydrogen-bond acceptors (Lipinski definition) is 6. The van der Waals surface area contributed by atoms with Crippen molar-refractivity contribution in [3.63, 3.8) is 0 Å². The van der Waals surface area contributed by atoms with Crippen LogP contribution in [0.25, 0.3) is 0 Å². The summed E-state index contributed by atoms with van der Waals surface area (Å²) in [6.45, 7) is 3.80. The first-order chi connectivity index (χ1) is 12.4. The number of benzene rings is 2. The van der Waals surface area contributed by atoms with E-state index >= 15 is 0 Å². The third-order valence-corrected chi connectivity index (χ3v) is 4.26. The van der Waals surface area contributed by atoms with Crippen LogP contribution in [-0.4, -0.2) is 47.1 Å². The maximum Gasteiger partial charge on any atom is 0.196 e. The molecule has 1 aliphatic carbocycles. The Morgan fingerprint density at radius 2 is 1.38 bits per heavy atom. The normalized spacial score (nSPS) is 15.1. The van der Waals surface area contributed by atoms with Crippen LogP contribution in [0.1, 0.15) is 45.7 Å². The average Bonchev–Trinajstić information content (AvgIpc) is 2.62. The van der Waals surface area contributed by atoms with Gasteiger partial charge in [0, 0.05) is 29.8 Å². The van der Waals surface area contributed by atoms with Crippen molar-refractivity contribution in [1.29, 1.82) is 0 Å². The Morgan fingerprint density at radius 3 is 2.00 bits per heavy atom. The number of ketones is 2. The molecule has 3 rings (SSSR count).